The second kappa shape index (κ2) is 7.66. The number of aromatic nitrogens is 2. The fourth-order valence-electron chi connectivity index (χ4n) is 3.81. The highest BCUT2D eigenvalue weighted by atomic mass is 16.5. The van der Waals surface area contributed by atoms with Gasteiger partial charge in [-0.15, -0.1) is 0 Å². The predicted molar refractivity (Wildman–Crippen MR) is 105 cm³/mol. The Morgan fingerprint density at radius 1 is 1.00 bits per heavy atom. The predicted octanol–water partition coefficient (Wildman–Crippen LogP) is 3.17. The zero-order valence-electron chi connectivity index (χ0n) is 16.2. The number of pyridine rings is 1. The number of benzene rings is 1. The summed E-state index contributed by atoms with van der Waals surface area (Å²) in [4.78, 5) is 9.54. The Bertz CT molecular complexity index is 929. The summed E-state index contributed by atoms with van der Waals surface area (Å²) in [6, 6.07) is 8.06. The average Bonchev–Trinajstić information content (AvgIpc) is 3.09. The number of methoxy groups -OCH3 is 1. The standard InChI is InChI=1S/C21H26N4O2/c1-15-12-22-18(16(2)21(15)26-3)13-24-8-10-25(11-9-24)14-19-17-6-4-5-7-20(17)27-23-19/h4-7,12H,8-11,13-14H2,1-3H3. The Labute approximate surface area is 159 Å². The number of aryl methyl sites for hydroxylation is 1. The van der Waals surface area contributed by atoms with E-state index in [0.29, 0.717) is 0 Å². The van der Waals surface area contributed by atoms with Crippen LogP contribution >= 0.6 is 0 Å². The van der Waals surface area contributed by atoms with E-state index in [2.05, 4.69) is 32.9 Å². The van der Waals surface area contributed by atoms with Crippen molar-refractivity contribution in [2.24, 2.45) is 0 Å². The lowest BCUT2D eigenvalue weighted by Gasteiger charge is -2.34. The summed E-state index contributed by atoms with van der Waals surface area (Å²) >= 11 is 0. The van der Waals surface area contributed by atoms with Crippen LogP contribution in [0.25, 0.3) is 11.0 Å². The monoisotopic (exact) mass is 366 g/mol. The number of hydrogen-bond donors (Lipinski definition) is 0. The smallest absolute Gasteiger partial charge is 0.167 e. The first-order valence-electron chi connectivity index (χ1n) is 9.42. The van der Waals surface area contributed by atoms with Crippen molar-refractivity contribution in [1.29, 1.82) is 0 Å². The van der Waals surface area contributed by atoms with Crippen molar-refractivity contribution in [3.05, 3.63) is 53.0 Å². The van der Waals surface area contributed by atoms with Crippen molar-refractivity contribution in [3.8, 4) is 5.75 Å². The molecule has 1 aliphatic rings. The van der Waals surface area contributed by atoms with E-state index in [-0.39, 0.29) is 0 Å². The lowest BCUT2D eigenvalue weighted by Crippen LogP contribution is -2.45. The van der Waals surface area contributed by atoms with Crippen molar-refractivity contribution < 1.29 is 9.26 Å². The third-order valence-electron chi connectivity index (χ3n) is 5.41. The van der Waals surface area contributed by atoms with E-state index in [1.807, 2.05) is 31.3 Å². The summed E-state index contributed by atoms with van der Waals surface area (Å²) in [7, 11) is 1.73. The summed E-state index contributed by atoms with van der Waals surface area (Å²) in [5.74, 6) is 0.955. The quantitative estimate of drug-likeness (QED) is 0.691. The first-order valence-corrected chi connectivity index (χ1v) is 9.42. The molecule has 0 unspecified atom stereocenters. The van der Waals surface area contributed by atoms with Crippen LogP contribution in [0.3, 0.4) is 0 Å². The molecule has 0 N–H and O–H groups in total. The number of ether oxygens (including phenoxy) is 1. The van der Waals surface area contributed by atoms with Gasteiger partial charge in [-0.3, -0.25) is 14.8 Å². The van der Waals surface area contributed by atoms with Gasteiger partial charge in [-0.2, -0.15) is 0 Å². The van der Waals surface area contributed by atoms with Gasteiger partial charge in [-0.25, -0.2) is 0 Å². The van der Waals surface area contributed by atoms with Crippen molar-refractivity contribution in [1.82, 2.24) is 19.9 Å². The highest BCUT2D eigenvalue weighted by molar-refractivity contribution is 5.79. The van der Waals surface area contributed by atoms with E-state index in [4.69, 9.17) is 9.26 Å². The van der Waals surface area contributed by atoms with E-state index in [9.17, 15) is 0 Å². The maximum absolute atomic E-state index is 5.53. The molecule has 0 atom stereocenters. The van der Waals surface area contributed by atoms with Crippen molar-refractivity contribution in [2.75, 3.05) is 33.3 Å². The molecule has 1 saturated heterocycles. The number of rotatable bonds is 5. The highest BCUT2D eigenvalue weighted by Crippen LogP contribution is 2.25. The molecular weight excluding hydrogens is 340 g/mol. The highest BCUT2D eigenvalue weighted by Gasteiger charge is 2.21. The topological polar surface area (TPSA) is 54.6 Å². The summed E-state index contributed by atoms with van der Waals surface area (Å²) < 4.78 is 11.0. The summed E-state index contributed by atoms with van der Waals surface area (Å²) in [6.07, 6.45) is 1.91. The first-order chi connectivity index (χ1) is 13.2. The molecule has 0 saturated carbocycles. The molecule has 27 heavy (non-hydrogen) atoms. The van der Waals surface area contributed by atoms with Crippen LogP contribution in [-0.4, -0.2) is 53.2 Å². The van der Waals surface area contributed by atoms with Crippen LogP contribution in [0.4, 0.5) is 0 Å². The lowest BCUT2D eigenvalue weighted by atomic mass is 10.1. The molecule has 3 aromatic rings. The third kappa shape index (κ3) is 3.68. The van der Waals surface area contributed by atoms with Crippen LogP contribution in [0.1, 0.15) is 22.5 Å². The Hall–Kier alpha value is -2.44. The van der Waals surface area contributed by atoms with Crippen molar-refractivity contribution in [3.63, 3.8) is 0 Å². The molecule has 0 bridgehead atoms. The molecule has 0 amide bonds. The maximum Gasteiger partial charge on any atom is 0.167 e. The average molecular weight is 366 g/mol. The van der Waals surface area contributed by atoms with Crippen LogP contribution < -0.4 is 4.74 Å². The van der Waals surface area contributed by atoms with Crippen molar-refractivity contribution >= 4 is 11.0 Å². The minimum Gasteiger partial charge on any atom is -0.496 e. The van der Waals surface area contributed by atoms with Gasteiger partial charge < -0.3 is 9.26 Å². The van der Waals surface area contributed by atoms with Crippen LogP contribution in [0.2, 0.25) is 0 Å². The molecule has 142 valence electrons. The minimum absolute atomic E-state index is 0.834. The maximum atomic E-state index is 5.53. The van der Waals surface area contributed by atoms with Crippen LogP contribution in [-0.2, 0) is 13.1 Å². The van der Waals surface area contributed by atoms with E-state index in [1.54, 1.807) is 7.11 Å². The SMILES string of the molecule is COc1c(C)cnc(CN2CCN(Cc3noc4ccccc34)CC2)c1C. The number of nitrogens with zero attached hydrogens (tertiary/aromatic N) is 4. The normalized spacial score (nSPS) is 16.1. The van der Waals surface area contributed by atoms with Crippen molar-refractivity contribution in [2.45, 2.75) is 26.9 Å². The van der Waals surface area contributed by atoms with Gasteiger partial charge in [0.05, 0.1) is 12.8 Å². The molecule has 0 spiro atoms. The van der Waals surface area contributed by atoms with E-state index >= 15 is 0 Å². The van der Waals surface area contributed by atoms with Crippen LogP contribution in [0.5, 0.6) is 5.75 Å². The minimum atomic E-state index is 0.834. The number of hydrogen-bond acceptors (Lipinski definition) is 6. The Kier molecular flexibility index (Phi) is 5.09. The van der Waals surface area contributed by atoms with E-state index in [0.717, 1.165) is 78.5 Å². The summed E-state index contributed by atoms with van der Waals surface area (Å²) in [6.45, 7) is 9.91. The van der Waals surface area contributed by atoms with Gasteiger partial charge in [0.25, 0.3) is 0 Å². The second-order valence-corrected chi connectivity index (χ2v) is 7.22. The molecular formula is C21H26N4O2. The van der Waals surface area contributed by atoms with Gasteiger partial charge in [-0.05, 0) is 26.0 Å². The summed E-state index contributed by atoms with van der Waals surface area (Å²) in [5.41, 5.74) is 5.23. The number of para-hydroxylation sites is 1. The number of fused-ring (bicyclic) bond motifs is 1. The Morgan fingerprint density at radius 3 is 2.37 bits per heavy atom. The largest absolute Gasteiger partial charge is 0.496 e. The Balaban J connectivity index is 1.37. The zero-order valence-corrected chi connectivity index (χ0v) is 16.2. The molecule has 6 nitrogen and oxygen atoms in total. The van der Waals surface area contributed by atoms with Gasteiger partial charge in [0.15, 0.2) is 5.58 Å². The molecule has 0 aliphatic carbocycles. The molecule has 1 aliphatic heterocycles. The molecule has 6 heteroatoms. The van der Waals surface area contributed by atoms with Gasteiger partial charge in [-0.1, -0.05) is 17.3 Å². The molecule has 1 aromatic carbocycles. The fourth-order valence-corrected chi connectivity index (χ4v) is 3.81. The van der Waals surface area contributed by atoms with Gasteiger partial charge in [0.1, 0.15) is 11.4 Å². The molecule has 4 rings (SSSR count). The zero-order chi connectivity index (χ0) is 18.8. The van der Waals surface area contributed by atoms with Gasteiger partial charge in [0.2, 0.25) is 0 Å². The molecule has 0 radical (unpaired) electrons. The van der Waals surface area contributed by atoms with E-state index < -0.39 is 0 Å². The van der Waals surface area contributed by atoms with E-state index in [1.165, 1.54) is 0 Å². The summed E-state index contributed by atoms with van der Waals surface area (Å²) in [5, 5.41) is 5.38. The fraction of sp³-hybridized carbons (Fsp3) is 0.429. The Morgan fingerprint density at radius 2 is 1.67 bits per heavy atom. The van der Waals surface area contributed by atoms with Gasteiger partial charge in [0, 0.05) is 62.0 Å². The lowest BCUT2D eigenvalue weighted by molar-refractivity contribution is 0.119. The molecule has 3 heterocycles. The second-order valence-electron chi connectivity index (χ2n) is 7.22. The van der Waals surface area contributed by atoms with Crippen LogP contribution in [0.15, 0.2) is 35.0 Å². The van der Waals surface area contributed by atoms with Gasteiger partial charge >= 0.3 is 0 Å². The number of piperazine rings is 1. The van der Waals surface area contributed by atoms with Crippen LogP contribution in [0, 0.1) is 13.8 Å². The molecule has 2 aromatic heterocycles. The third-order valence-corrected chi connectivity index (χ3v) is 5.41. The molecule has 1 fully saturated rings. The first kappa shape index (κ1) is 17.9.